The number of rotatable bonds is 4. The van der Waals surface area contributed by atoms with Gasteiger partial charge < -0.3 is 9.32 Å². The van der Waals surface area contributed by atoms with Crippen molar-refractivity contribution in [2.45, 2.75) is 0 Å². The average Bonchev–Trinajstić information content (AvgIpc) is 3.59. The SMILES string of the molecule is c1ccc(N(c2ccccc2)c2ccc3oc4ccc(-c5ccc6c7c(cccc57)-c5ccccc5-6)cc4c3c2)cc1. The zero-order chi connectivity index (χ0) is 27.6. The molecule has 196 valence electrons. The Bertz CT molecular complexity index is 2230. The fourth-order valence-corrected chi connectivity index (χ4v) is 6.73. The number of anilines is 3. The van der Waals surface area contributed by atoms with Crippen molar-refractivity contribution in [1.29, 1.82) is 0 Å². The van der Waals surface area contributed by atoms with Gasteiger partial charge in [-0.05, 0) is 98.8 Å². The molecule has 8 aromatic rings. The highest BCUT2D eigenvalue weighted by Gasteiger charge is 2.22. The van der Waals surface area contributed by atoms with Gasteiger partial charge in [0.15, 0.2) is 0 Å². The van der Waals surface area contributed by atoms with Crippen LogP contribution in [0.25, 0.3) is 66.1 Å². The van der Waals surface area contributed by atoms with Crippen molar-refractivity contribution < 1.29 is 4.42 Å². The van der Waals surface area contributed by atoms with E-state index in [9.17, 15) is 0 Å². The van der Waals surface area contributed by atoms with Crippen LogP contribution >= 0.6 is 0 Å². The van der Waals surface area contributed by atoms with Crippen molar-refractivity contribution in [3.8, 4) is 33.4 Å². The summed E-state index contributed by atoms with van der Waals surface area (Å²) in [6, 6.07) is 54.2. The Hall–Kier alpha value is -5.60. The van der Waals surface area contributed by atoms with E-state index in [1.54, 1.807) is 0 Å². The van der Waals surface area contributed by atoms with Crippen molar-refractivity contribution >= 4 is 49.8 Å². The highest BCUT2D eigenvalue weighted by atomic mass is 16.3. The van der Waals surface area contributed by atoms with Gasteiger partial charge in [-0.25, -0.2) is 0 Å². The summed E-state index contributed by atoms with van der Waals surface area (Å²) < 4.78 is 6.35. The smallest absolute Gasteiger partial charge is 0.135 e. The van der Waals surface area contributed by atoms with Gasteiger partial charge >= 0.3 is 0 Å². The lowest BCUT2D eigenvalue weighted by Gasteiger charge is -2.25. The molecule has 2 nitrogen and oxygen atoms in total. The van der Waals surface area contributed by atoms with Crippen LogP contribution in [0.3, 0.4) is 0 Å². The fraction of sp³-hybridized carbons (Fsp3) is 0. The molecule has 0 radical (unpaired) electrons. The van der Waals surface area contributed by atoms with Crippen LogP contribution in [0.5, 0.6) is 0 Å². The van der Waals surface area contributed by atoms with Crippen LogP contribution in [0.4, 0.5) is 17.1 Å². The molecule has 0 aliphatic heterocycles. The Balaban J connectivity index is 1.23. The largest absolute Gasteiger partial charge is 0.456 e. The molecule has 9 rings (SSSR count). The number of nitrogens with zero attached hydrogens (tertiary/aromatic N) is 1. The van der Waals surface area contributed by atoms with Crippen molar-refractivity contribution in [2.24, 2.45) is 0 Å². The maximum Gasteiger partial charge on any atom is 0.135 e. The van der Waals surface area contributed by atoms with Crippen molar-refractivity contribution in [1.82, 2.24) is 0 Å². The van der Waals surface area contributed by atoms with E-state index in [1.165, 1.54) is 44.2 Å². The van der Waals surface area contributed by atoms with Gasteiger partial charge in [-0.1, -0.05) is 97.1 Å². The third-order valence-corrected chi connectivity index (χ3v) is 8.60. The highest BCUT2D eigenvalue weighted by molar-refractivity contribution is 6.19. The summed E-state index contributed by atoms with van der Waals surface area (Å²) in [7, 11) is 0. The summed E-state index contributed by atoms with van der Waals surface area (Å²) in [4.78, 5) is 2.29. The van der Waals surface area contributed by atoms with Gasteiger partial charge in [-0.15, -0.1) is 0 Å². The minimum atomic E-state index is 0.892. The molecule has 7 aromatic carbocycles. The van der Waals surface area contributed by atoms with Gasteiger partial charge in [0.2, 0.25) is 0 Å². The molecule has 1 aliphatic carbocycles. The van der Waals surface area contributed by atoms with Gasteiger partial charge in [0.1, 0.15) is 11.2 Å². The Morgan fingerprint density at radius 1 is 0.357 bits per heavy atom. The lowest BCUT2D eigenvalue weighted by atomic mass is 9.93. The molecule has 0 fully saturated rings. The second kappa shape index (κ2) is 8.95. The van der Waals surface area contributed by atoms with Gasteiger partial charge in [0.05, 0.1) is 0 Å². The Labute approximate surface area is 243 Å². The minimum Gasteiger partial charge on any atom is -0.456 e. The van der Waals surface area contributed by atoms with Crippen LogP contribution in [-0.4, -0.2) is 0 Å². The molecule has 0 bridgehead atoms. The molecule has 1 heterocycles. The molecule has 42 heavy (non-hydrogen) atoms. The lowest BCUT2D eigenvalue weighted by Crippen LogP contribution is -2.09. The molecule has 2 heteroatoms. The van der Waals surface area contributed by atoms with Crippen LogP contribution in [0.15, 0.2) is 156 Å². The third kappa shape index (κ3) is 3.39. The number of para-hydroxylation sites is 2. The third-order valence-electron chi connectivity index (χ3n) is 8.60. The summed E-state index contributed by atoms with van der Waals surface area (Å²) in [6.45, 7) is 0. The Morgan fingerprint density at radius 2 is 0.929 bits per heavy atom. The van der Waals surface area contributed by atoms with Crippen LogP contribution in [0, 0.1) is 0 Å². The minimum absolute atomic E-state index is 0.892. The molecular formula is C40H25NO. The molecule has 0 unspecified atom stereocenters. The predicted octanol–water partition coefficient (Wildman–Crippen LogP) is 11.5. The monoisotopic (exact) mass is 535 g/mol. The molecule has 1 aliphatic rings. The molecule has 0 atom stereocenters. The zero-order valence-corrected chi connectivity index (χ0v) is 22.8. The Morgan fingerprint density at radius 3 is 1.64 bits per heavy atom. The predicted molar refractivity (Wildman–Crippen MR) is 176 cm³/mol. The standard InChI is InChI=1S/C40H25NO/c1-3-10-27(11-4-1)41(28-12-5-2-6-13-28)29-19-23-39-37(25-29)36-24-26(18-22-38(36)42-39)30-20-21-35-32-15-8-7-14-31(32)34-17-9-16-33(30)40(34)35/h1-25H. The van der Waals surface area contributed by atoms with Crippen LogP contribution in [-0.2, 0) is 0 Å². The van der Waals surface area contributed by atoms with E-state index in [4.69, 9.17) is 4.42 Å². The molecule has 0 saturated carbocycles. The summed E-state index contributed by atoms with van der Waals surface area (Å²) >= 11 is 0. The topological polar surface area (TPSA) is 16.4 Å². The Kier molecular flexibility index (Phi) is 4.93. The van der Waals surface area contributed by atoms with Crippen molar-refractivity contribution in [3.05, 3.63) is 152 Å². The fourth-order valence-electron chi connectivity index (χ4n) is 6.73. The van der Waals surface area contributed by atoms with Crippen LogP contribution in [0.1, 0.15) is 0 Å². The van der Waals surface area contributed by atoms with Crippen molar-refractivity contribution in [2.75, 3.05) is 4.90 Å². The molecular weight excluding hydrogens is 510 g/mol. The molecule has 0 saturated heterocycles. The maximum atomic E-state index is 6.35. The molecule has 0 amide bonds. The summed E-state index contributed by atoms with van der Waals surface area (Å²) in [5.74, 6) is 0. The number of hydrogen-bond donors (Lipinski definition) is 0. The quantitative estimate of drug-likeness (QED) is 0.223. The normalized spacial score (nSPS) is 11.8. The first kappa shape index (κ1) is 23.1. The first-order valence-corrected chi connectivity index (χ1v) is 14.4. The molecule has 0 N–H and O–H groups in total. The van der Waals surface area contributed by atoms with E-state index in [-0.39, 0.29) is 0 Å². The van der Waals surface area contributed by atoms with E-state index in [0.717, 1.165) is 39.0 Å². The van der Waals surface area contributed by atoms with Crippen LogP contribution in [0.2, 0.25) is 0 Å². The van der Waals surface area contributed by atoms with Crippen LogP contribution < -0.4 is 4.90 Å². The second-order valence-electron chi connectivity index (χ2n) is 10.9. The average molecular weight is 536 g/mol. The van der Waals surface area contributed by atoms with E-state index in [1.807, 2.05) is 0 Å². The van der Waals surface area contributed by atoms with Gasteiger partial charge in [0, 0.05) is 27.8 Å². The summed E-state index contributed by atoms with van der Waals surface area (Å²) in [6.07, 6.45) is 0. The number of hydrogen-bond acceptors (Lipinski definition) is 2. The van der Waals surface area contributed by atoms with E-state index >= 15 is 0 Å². The van der Waals surface area contributed by atoms with E-state index in [0.29, 0.717) is 0 Å². The highest BCUT2D eigenvalue weighted by Crippen LogP contribution is 2.49. The maximum absolute atomic E-state index is 6.35. The van der Waals surface area contributed by atoms with E-state index in [2.05, 4.69) is 157 Å². The van der Waals surface area contributed by atoms with Gasteiger partial charge in [-0.2, -0.15) is 0 Å². The van der Waals surface area contributed by atoms with E-state index < -0.39 is 0 Å². The molecule has 0 spiro atoms. The number of furan rings is 1. The van der Waals surface area contributed by atoms with Gasteiger partial charge in [0.25, 0.3) is 0 Å². The zero-order valence-electron chi connectivity index (χ0n) is 22.8. The summed E-state index contributed by atoms with van der Waals surface area (Å²) in [5.41, 5.74) is 12.8. The number of fused-ring (bicyclic) bond motifs is 6. The number of benzene rings is 7. The van der Waals surface area contributed by atoms with Gasteiger partial charge in [-0.3, -0.25) is 0 Å². The summed E-state index contributed by atoms with van der Waals surface area (Å²) in [5, 5.41) is 4.86. The first-order chi connectivity index (χ1) is 20.8. The second-order valence-corrected chi connectivity index (χ2v) is 10.9. The van der Waals surface area contributed by atoms with Crippen molar-refractivity contribution in [3.63, 3.8) is 0 Å². The first-order valence-electron chi connectivity index (χ1n) is 14.4. The lowest BCUT2D eigenvalue weighted by molar-refractivity contribution is 0.669. The molecule has 1 aromatic heterocycles.